The molecule has 0 radical (unpaired) electrons. The summed E-state index contributed by atoms with van der Waals surface area (Å²) in [5.74, 6) is -0.0379. The highest BCUT2D eigenvalue weighted by atomic mass is 19.1. The van der Waals surface area contributed by atoms with Gasteiger partial charge in [-0.2, -0.15) is 5.26 Å². The second-order valence-corrected chi connectivity index (χ2v) is 8.16. The van der Waals surface area contributed by atoms with Crippen molar-refractivity contribution in [2.75, 3.05) is 30.4 Å². The maximum absolute atomic E-state index is 13.9. The SMILES string of the molecule is C=C(Nc1cc(C#N)ccc1N1CCC(Oc2ccccc2F)CC1)C1=CC=CN(C)C1=C. The summed E-state index contributed by atoms with van der Waals surface area (Å²) in [6.45, 7) is 9.86. The normalized spacial score (nSPS) is 16.3. The van der Waals surface area contributed by atoms with E-state index in [4.69, 9.17) is 4.74 Å². The monoisotopic (exact) mass is 442 g/mol. The Morgan fingerprint density at radius 2 is 1.97 bits per heavy atom. The molecular formula is C27H27FN4O. The van der Waals surface area contributed by atoms with Gasteiger partial charge in [0.15, 0.2) is 11.6 Å². The summed E-state index contributed by atoms with van der Waals surface area (Å²) in [5.41, 5.74) is 4.85. The minimum Gasteiger partial charge on any atom is -0.487 e. The van der Waals surface area contributed by atoms with Gasteiger partial charge in [0.2, 0.25) is 0 Å². The van der Waals surface area contributed by atoms with E-state index in [2.05, 4.69) is 29.4 Å². The Hall–Kier alpha value is -3.98. The van der Waals surface area contributed by atoms with Gasteiger partial charge in [-0.05, 0) is 42.5 Å². The second kappa shape index (κ2) is 9.66. The molecule has 5 nitrogen and oxygen atoms in total. The lowest BCUT2D eigenvalue weighted by molar-refractivity contribution is 0.164. The van der Waals surface area contributed by atoms with Crippen molar-refractivity contribution in [3.8, 4) is 11.8 Å². The van der Waals surface area contributed by atoms with Crippen LogP contribution >= 0.6 is 0 Å². The van der Waals surface area contributed by atoms with Crippen molar-refractivity contribution in [1.82, 2.24) is 4.90 Å². The fourth-order valence-corrected chi connectivity index (χ4v) is 4.07. The number of piperidine rings is 1. The molecule has 0 saturated carbocycles. The fraction of sp³-hybridized carbons (Fsp3) is 0.222. The zero-order valence-electron chi connectivity index (χ0n) is 18.7. The zero-order valence-corrected chi connectivity index (χ0v) is 18.7. The van der Waals surface area contributed by atoms with Gasteiger partial charge >= 0.3 is 0 Å². The molecule has 4 rings (SSSR count). The highest BCUT2D eigenvalue weighted by molar-refractivity contribution is 5.75. The third-order valence-electron chi connectivity index (χ3n) is 5.96. The molecule has 6 heteroatoms. The van der Waals surface area contributed by atoms with Gasteiger partial charge in [-0.25, -0.2) is 4.39 Å². The smallest absolute Gasteiger partial charge is 0.165 e. The van der Waals surface area contributed by atoms with Crippen molar-refractivity contribution in [3.63, 3.8) is 0 Å². The molecular weight excluding hydrogens is 415 g/mol. The molecule has 2 heterocycles. The Morgan fingerprint density at radius 1 is 1.21 bits per heavy atom. The van der Waals surface area contributed by atoms with Crippen molar-refractivity contribution >= 4 is 11.4 Å². The van der Waals surface area contributed by atoms with Crippen LogP contribution in [-0.4, -0.2) is 31.1 Å². The summed E-state index contributed by atoms with van der Waals surface area (Å²) in [7, 11) is 1.94. The Bertz CT molecular complexity index is 1170. The summed E-state index contributed by atoms with van der Waals surface area (Å²) in [4.78, 5) is 4.20. The predicted molar refractivity (Wildman–Crippen MR) is 130 cm³/mol. The number of nitrogens with zero attached hydrogens (tertiary/aromatic N) is 3. The number of anilines is 2. The van der Waals surface area contributed by atoms with E-state index in [-0.39, 0.29) is 11.9 Å². The van der Waals surface area contributed by atoms with E-state index >= 15 is 0 Å². The molecule has 1 saturated heterocycles. The van der Waals surface area contributed by atoms with Crippen molar-refractivity contribution in [3.05, 3.63) is 102 Å². The molecule has 0 amide bonds. The maximum Gasteiger partial charge on any atom is 0.165 e. The lowest BCUT2D eigenvalue weighted by Gasteiger charge is -2.35. The van der Waals surface area contributed by atoms with E-state index in [1.54, 1.807) is 18.2 Å². The summed E-state index contributed by atoms with van der Waals surface area (Å²) >= 11 is 0. The highest BCUT2D eigenvalue weighted by Gasteiger charge is 2.24. The van der Waals surface area contributed by atoms with E-state index in [0.29, 0.717) is 17.0 Å². The van der Waals surface area contributed by atoms with Gasteiger partial charge in [0.05, 0.1) is 23.0 Å². The molecule has 2 aromatic carbocycles. The molecule has 0 aliphatic carbocycles. The van der Waals surface area contributed by atoms with Gasteiger partial charge in [-0.1, -0.05) is 25.3 Å². The van der Waals surface area contributed by atoms with Crippen LogP contribution in [-0.2, 0) is 0 Å². The number of halogens is 1. The number of nitriles is 1. The molecule has 1 fully saturated rings. The van der Waals surface area contributed by atoms with Crippen LogP contribution in [0.3, 0.4) is 0 Å². The topological polar surface area (TPSA) is 51.5 Å². The van der Waals surface area contributed by atoms with Crippen LogP contribution in [0.25, 0.3) is 0 Å². The Labute approximate surface area is 194 Å². The van der Waals surface area contributed by atoms with E-state index in [1.165, 1.54) is 6.07 Å². The molecule has 0 aromatic heterocycles. The molecule has 1 N–H and O–H groups in total. The second-order valence-electron chi connectivity index (χ2n) is 8.16. The standard InChI is InChI=1S/C27H27FN4O/c1-19(23-7-6-14-31(3)20(23)2)30-25-17-21(18-29)10-11-26(25)32-15-12-22(13-16-32)33-27-9-5-4-8-24(27)28/h4-11,14,17,22,30H,1-2,12-13,15-16H2,3H3. The maximum atomic E-state index is 13.9. The summed E-state index contributed by atoms with van der Waals surface area (Å²) in [6, 6.07) is 14.3. The van der Waals surface area contributed by atoms with E-state index in [0.717, 1.165) is 48.6 Å². The Balaban J connectivity index is 1.48. The Morgan fingerprint density at radius 3 is 2.70 bits per heavy atom. The zero-order chi connectivity index (χ0) is 23.4. The lowest BCUT2D eigenvalue weighted by Crippen LogP contribution is -2.38. The number of benzene rings is 2. The predicted octanol–water partition coefficient (Wildman–Crippen LogP) is 5.57. The first-order chi connectivity index (χ1) is 16.0. The number of hydrogen-bond acceptors (Lipinski definition) is 5. The summed E-state index contributed by atoms with van der Waals surface area (Å²) in [6.07, 6.45) is 7.36. The molecule has 0 spiro atoms. The molecule has 2 aliphatic heterocycles. The van der Waals surface area contributed by atoms with Crippen LogP contribution in [0.5, 0.6) is 5.75 Å². The Kier molecular flexibility index (Phi) is 6.50. The highest BCUT2D eigenvalue weighted by Crippen LogP contribution is 2.33. The van der Waals surface area contributed by atoms with Crippen molar-refractivity contribution < 1.29 is 9.13 Å². The van der Waals surface area contributed by atoms with Crippen LogP contribution in [0, 0.1) is 17.1 Å². The number of nitrogens with one attached hydrogen (secondary N) is 1. The van der Waals surface area contributed by atoms with Crippen LogP contribution in [0.2, 0.25) is 0 Å². The molecule has 0 unspecified atom stereocenters. The quantitative estimate of drug-likeness (QED) is 0.634. The summed E-state index contributed by atoms with van der Waals surface area (Å²) in [5, 5.41) is 12.8. The first-order valence-corrected chi connectivity index (χ1v) is 10.9. The van der Waals surface area contributed by atoms with Gasteiger partial charge in [-0.3, -0.25) is 0 Å². The molecule has 0 bridgehead atoms. The minimum absolute atomic E-state index is 0.0408. The van der Waals surface area contributed by atoms with Crippen molar-refractivity contribution in [1.29, 1.82) is 5.26 Å². The van der Waals surface area contributed by atoms with Gasteiger partial charge < -0.3 is 19.9 Å². The average Bonchev–Trinajstić information content (AvgIpc) is 2.83. The van der Waals surface area contributed by atoms with Gasteiger partial charge in [0.1, 0.15) is 6.10 Å². The van der Waals surface area contributed by atoms with Crippen LogP contribution in [0.4, 0.5) is 15.8 Å². The van der Waals surface area contributed by atoms with Gasteiger partial charge in [0, 0.05) is 56.1 Å². The number of rotatable bonds is 6. The summed E-state index contributed by atoms with van der Waals surface area (Å²) < 4.78 is 19.8. The molecule has 2 aromatic rings. The number of likely N-dealkylation sites (N-methyl/N-ethyl adjacent to an activating group) is 1. The van der Waals surface area contributed by atoms with Crippen molar-refractivity contribution in [2.45, 2.75) is 18.9 Å². The molecule has 2 aliphatic rings. The fourth-order valence-electron chi connectivity index (χ4n) is 4.07. The molecule has 0 atom stereocenters. The van der Waals surface area contributed by atoms with Gasteiger partial charge in [-0.15, -0.1) is 0 Å². The van der Waals surface area contributed by atoms with E-state index in [9.17, 15) is 9.65 Å². The van der Waals surface area contributed by atoms with E-state index < -0.39 is 0 Å². The third-order valence-corrected chi connectivity index (χ3v) is 5.96. The van der Waals surface area contributed by atoms with Crippen LogP contribution in [0.1, 0.15) is 18.4 Å². The first kappa shape index (κ1) is 22.2. The van der Waals surface area contributed by atoms with Crippen LogP contribution in [0.15, 0.2) is 90.9 Å². The van der Waals surface area contributed by atoms with E-state index in [1.807, 2.05) is 48.5 Å². The first-order valence-electron chi connectivity index (χ1n) is 10.9. The largest absolute Gasteiger partial charge is 0.487 e. The number of hydrogen-bond donors (Lipinski definition) is 1. The third kappa shape index (κ3) is 4.93. The number of para-hydroxylation sites is 1. The lowest BCUT2D eigenvalue weighted by atomic mass is 10.0. The van der Waals surface area contributed by atoms with Gasteiger partial charge in [0.25, 0.3) is 0 Å². The molecule has 33 heavy (non-hydrogen) atoms. The number of allylic oxidation sites excluding steroid dienone is 2. The number of ether oxygens (including phenoxy) is 1. The van der Waals surface area contributed by atoms with Crippen molar-refractivity contribution in [2.24, 2.45) is 0 Å². The average molecular weight is 443 g/mol. The molecule has 168 valence electrons. The van der Waals surface area contributed by atoms with Crippen LogP contribution < -0.4 is 15.0 Å². The minimum atomic E-state index is -0.337.